The van der Waals surface area contributed by atoms with Gasteiger partial charge >= 0.3 is 0 Å². The molecule has 0 radical (unpaired) electrons. The second-order valence-electron chi connectivity index (χ2n) is 8.95. The smallest absolute Gasteiger partial charge is 0.253 e. The van der Waals surface area contributed by atoms with Crippen LogP contribution in [0.5, 0.6) is 0 Å². The lowest BCUT2D eigenvalue weighted by Crippen LogP contribution is -2.34. The van der Waals surface area contributed by atoms with E-state index in [0.29, 0.717) is 41.8 Å². The van der Waals surface area contributed by atoms with Crippen LogP contribution in [-0.2, 0) is 11.3 Å². The Morgan fingerprint density at radius 3 is 2.69 bits per heavy atom. The number of hydrogen-bond donors (Lipinski definition) is 1. The maximum Gasteiger partial charge on any atom is 0.253 e. The van der Waals surface area contributed by atoms with E-state index in [9.17, 15) is 9.18 Å². The number of amides is 1. The van der Waals surface area contributed by atoms with Gasteiger partial charge in [-0.05, 0) is 69.4 Å². The Labute approximate surface area is 176 Å². The third-order valence-corrected chi connectivity index (χ3v) is 6.91. The summed E-state index contributed by atoms with van der Waals surface area (Å²) in [4.78, 5) is 13.0. The van der Waals surface area contributed by atoms with Crippen molar-refractivity contribution in [3.63, 3.8) is 0 Å². The average Bonchev–Trinajstić information content (AvgIpc) is 3.08. The van der Waals surface area contributed by atoms with Gasteiger partial charge in [-0.3, -0.25) is 4.79 Å². The fourth-order valence-corrected chi connectivity index (χ4v) is 4.93. The summed E-state index contributed by atoms with van der Waals surface area (Å²) < 4.78 is 21.6. The van der Waals surface area contributed by atoms with Crippen molar-refractivity contribution in [1.29, 1.82) is 0 Å². The van der Waals surface area contributed by atoms with Crippen LogP contribution in [0.15, 0.2) is 24.4 Å². The SMILES string of the molecule is CC1(F)CCC(CNC(=O)c2cn(CC3CCOCC3)c3cccc(Cl)c23)CC1. The number of rotatable bonds is 5. The van der Waals surface area contributed by atoms with Gasteiger partial charge in [0.25, 0.3) is 5.91 Å². The van der Waals surface area contributed by atoms with E-state index in [4.69, 9.17) is 16.3 Å². The Hall–Kier alpha value is -1.59. The van der Waals surface area contributed by atoms with Gasteiger partial charge in [0, 0.05) is 37.9 Å². The molecule has 1 saturated heterocycles. The summed E-state index contributed by atoms with van der Waals surface area (Å²) in [7, 11) is 0. The van der Waals surface area contributed by atoms with Crippen LogP contribution < -0.4 is 5.32 Å². The molecule has 6 heteroatoms. The molecule has 4 rings (SSSR count). The van der Waals surface area contributed by atoms with Gasteiger partial charge in [-0.2, -0.15) is 0 Å². The van der Waals surface area contributed by atoms with Crippen molar-refractivity contribution >= 4 is 28.4 Å². The first-order chi connectivity index (χ1) is 13.9. The molecule has 1 aliphatic carbocycles. The Kier molecular flexibility index (Phi) is 6.16. The van der Waals surface area contributed by atoms with Crippen LogP contribution in [0.25, 0.3) is 10.9 Å². The maximum atomic E-state index is 14.0. The fourth-order valence-electron chi connectivity index (χ4n) is 4.65. The Morgan fingerprint density at radius 1 is 1.24 bits per heavy atom. The third-order valence-electron chi connectivity index (χ3n) is 6.59. The first-order valence-corrected chi connectivity index (χ1v) is 11.1. The molecule has 0 bridgehead atoms. The van der Waals surface area contributed by atoms with Gasteiger partial charge in [-0.15, -0.1) is 0 Å². The molecule has 158 valence electrons. The summed E-state index contributed by atoms with van der Waals surface area (Å²) >= 11 is 6.49. The van der Waals surface area contributed by atoms with Crippen LogP contribution in [0.4, 0.5) is 4.39 Å². The number of alkyl halides is 1. The number of halogens is 2. The zero-order chi connectivity index (χ0) is 20.4. The molecule has 4 nitrogen and oxygen atoms in total. The van der Waals surface area contributed by atoms with Gasteiger partial charge in [0.15, 0.2) is 0 Å². The van der Waals surface area contributed by atoms with E-state index in [-0.39, 0.29) is 5.91 Å². The largest absolute Gasteiger partial charge is 0.381 e. The number of hydrogen-bond acceptors (Lipinski definition) is 2. The summed E-state index contributed by atoms with van der Waals surface area (Å²) in [5.74, 6) is 0.794. The van der Waals surface area contributed by atoms with Crippen molar-refractivity contribution in [3.8, 4) is 0 Å². The standard InChI is InChI=1S/C23H30ClFN2O2/c1-23(25)9-5-16(6-10-23)13-26-22(28)18-15-27(14-17-7-11-29-12-8-17)20-4-2-3-19(24)21(18)20/h2-4,15-17H,5-14H2,1H3,(H,26,28). The molecule has 1 aromatic carbocycles. The lowest BCUT2D eigenvalue weighted by Gasteiger charge is -2.31. The van der Waals surface area contributed by atoms with Gasteiger partial charge in [0.05, 0.1) is 16.1 Å². The van der Waals surface area contributed by atoms with Crippen LogP contribution in [-0.4, -0.2) is 35.9 Å². The number of nitrogens with zero attached hydrogens (tertiary/aromatic N) is 1. The number of carbonyl (C=O) groups is 1. The second-order valence-corrected chi connectivity index (χ2v) is 9.36. The number of benzene rings is 1. The molecule has 1 amide bonds. The quantitative estimate of drug-likeness (QED) is 0.706. The Morgan fingerprint density at radius 2 is 1.97 bits per heavy atom. The molecule has 1 aliphatic heterocycles. The van der Waals surface area contributed by atoms with Gasteiger partial charge in [-0.25, -0.2) is 4.39 Å². The molecule has 0 atom stereocenters. The van der Waals surface area contributed by atoms with E-state index < -0.39 is 5.67 Å². The van der Waals surface area contributed by atoms with Crippen LogP contribution in [0.3, 0.4) is 0 Å². The molecule has 2 fully saturated rings. The minimum Gasteiger partial charge on any atom is -0.381 e. The predicted octanol–water partition coefficient (Wildman–Crippen LogP) is 5.37. The molecular formula is C23H30ClFN2O2. The van der Waals surface area contributed by atoms with Crippen molar-refractivity contribution in [2.75, 3.05) is 19.8 Å². The molecule has 29 heavy (non-hydrogen) atoms. The first-order valence-electron chi connectivity index (χ1n) is 10.8. The number of aromatic nitrogens is 1. The third kappa shape index (κ3) is 4.77. The lowest BCUT2D eigenvalue weighted by atomic mass is 9.81. The molecular weight excluding hydrogens is 391 g/mol. The average molecular weight is 421 g/mol. The van der Waals surface area contributed by atoms with Crippen molar-refractivity contribution < 1.29 is 13.9 Å². The minimum absolute atomic E-state index is 0.0950. The molecule has 1 aromatic heterocycles. The molecule has 2 aliphatic rings. The molecule has 1 saturated carbocycles. The van der Waals surface area contributed by atoms with Crippen LogP contribution in [0.2, 0.25) is 5.02 Å². The summed E-state index contributed by atoms with van der Waals surface area (Å²) in [6.07, 6.45) is 6.81. The zero-order valence-corrected chi connectivity index (χ0v) is 17.8. The van der Waals surface area contributed by atoms with E-state index in [1.54, 1.807) is 6.92 Å². The van der Waals surface area contributed by atoms with Crippen LogP contribution in [0, 0.1) is 11.8 Å². The number of ether oxygens (including phenoxy) is 1. The van der Waals surface area contributed by atoms with E-state index in [1.807, 2.05) is 24.4 Å². The fraction of sp³-hybridized carbons (Fsp3) is 0.609. The summed E-state index contributed by atoms with van der Waals surface area (Å²) in [6, 6.07) is 5.80. The summed E-state index contributed by atoms with van der Waals surface area (Å²) in [6.45, 7) is 4.74. The maximum absolute atomic E-state index is 14.0. The summed E-state index contributed by atoms with van der Waals surface area (Å²) in [5, 5.41) is 4.50. The predicted molar refractivity (Wildman–Crippen MR) is 114 cm³/mol. The molecule has 0 spiro atoms. The highest BCUT2D eigenvalue weighted by atomic mass is 35.5. The van der Waals surface area contributed by atoms with Crippen LogP contribution >= 0.6 is 11.6 Å². The van der Waals surface area contributed by atoms with Crippen molar-refractivity contribution in [3.05, 3.63) is 35.0 Å². The molecule has 1 N–H and O–H groups in total. The Balaban J connectivity index is 1.49. The lowest BCUT2D eigenvalue weighted by molar-refractivity contribution is 0.0616. The van der Waals surface area contributed by atoms with E-state index in [2.05, 4.69) is 9.88 Å². The highest BCUT2D eigenvalue weighted by Gasteiger charge is 2.31. The van der Waals surface area contributed by atoms with Gasteiger partial charge in [-0.1, -0.05) is 17.7 Å². The van der Waals surface area contributed by atoms with Crippen LogP contribution in [0.1, 0.15) is 55.8 Å². The van der Waals surface area contributed by atoms with Crippen molar-refractivity contribution in [1.82, 2.24) is 9.88 Å². The number of nitrogens with one attached hydrogen (secondary N) is 1. The number of fused-ring (bicyclic) bond motifs is 1. The summed E-state index contributed by atoms with van der Waals surface area (Å²) in [5.41, 5.74) is 0.579. The van der Waals surface area contributed by atoms with Crippen molar-refractivity contribution in [2.24, 2.45) is 11.8 Å². The molecule has 2 aromatic rings. The monoisotopic (exact) mass is 420 g/mol. The normalized spacial score (nSPS) is 26.0. The highest BCUT2D eigenvalue weighted by molar-refractivity contribution is 6.36. The Bertz CT molecular complexity index is 863. The highest BCUT2D eigenvalue weighted by Crippen LogP contribution is 2.35. The van der Waals surface area contributed by atoms with Gasteiger partial charge in [0.1, 0.15) is 5.67 Å². The van der Waals surface area contributed by atoms with Crippen molar-refractivity contribution in [2.45, 2.75) is 57.7 Å². The topological polar surface area (TPSA) is 43.3 Å². The molecule has 2 heterocycles. The first kappa shape index (κ1) is 20.7. The minimum atomic E-state index is -1.05. The van der Waals surface area contributed by atoms with E-state index in [0.717, 1.165) is 56.3 Å². The number of carbonyl (C=O) groups excluding carboxylic acids is 1. The van der Waals surface area contributed by atoms with Gasteiger partial charge in [0.2, 0.25) is 0 Å². The van der Waals surface area contributed by atoms with E-state index in [1.165, 1.54) is 0 Å². The van der Waals surface area contributed by atoms with Gasteiger partial charge < -0.3 is 14.6 Å². The van der Waals surface area contributed by atoms with E-state index >= 15 is 0 Å². The zero-order valence-electron chi connectivity index (χ0n) is 17.1. The molecule has 0 unspecified atom stereocenters. The second kappa shape index (κ2) is 8.65.